The van der Waals surface area contributed by atoms with Gasteiger partial charge in [-0.25, -0.2) is 0 Å². The first-order valence-corrected chi connectivity index (χ1v) is 4.96. The first kappa shape index (κ1) is 10.5. The summed E-state index contributed by atoms with van der Waals surface area (Å²) >= 11 is 0. The Balaban J connectivity index is 2.59. The van der Waals surface area contributed by atoms with Gasteiger partial charge in [-0.15, -0.1) is 0 Å². The number of rotatable bonds is 2. The van der Waals surface area contributed by atoms with Crippen molar-refractivity contribution in [3.8, 4) is 0 Å². The molecule has 0 bridgehead atoms. The zero-order valence-corrected chi connectivity index (χ0v) is 8.84. The maximum atomic E-state index is 10.8. The number of hydrogen-bond acceptors (Lipinski definition) is 2. The van der Waals surface area contributed by atoms with Gasteiger partial charge in [0.2, 0.25) is 5.91 Å². The Bertz CT molecular complexity index is 196. The molecule has 0 aromatic heterocycles. The molecule has 0 aromatic rings. The number of primary amides is 1. The van der Waals surface area contributed by atoms with Crippen LogP contribution in [0.15, 0.2) is 0 Å². The molecule has 0 aromatic carbocycles. The summed E-state index contributed by atoms with van der Waals surface area (Å²) in [5.74, 6) is -0.179. The third-order valence-electron chi connectivity index (χ3n) is 2.68. The fraction of sp³-hybridized carbons (Fsp3) is 0.900. The zero-order valence-electron chi connectivity index (χ0n) is 8.84. The summed E-state index contributed by atoms with van der Waals surface area (Å²) in [4.78, 5) is 13.2. The number of carbonyl (C=O) groups excluding carboxylic acids is 1. The normalized spacial score (nSPS) is 25.0. The molecule has 76 valence electrons. The summed E-state index contributed by atoms with van der Waals surface area (Å²) in [6.45, 7) is 7.66. The van der Waals surface area contributed by atoms with Crippen LogP contribution in [0.1, 0.15) is 40.0 Å². The van der Waals surface area contributed by atoms with Crippen molar-refractivity contribution < 1.29 is 4.79 Å². The molecule has 1 saturated heterocycles. The minimum absolute atomic E-state index is 0.163. The number of likely N-dealkylation sites (tertiary alicyclic amines) is 1. The number of nitrogens with two attached hydrogens (primary N) is 1. The standard InChI is InChI=1S/C10H20N2O/c1-10(2,3)12-6-4-5-8(12)7-9(11)13/h8H,4-7H2,1-3H3,(H2,11,13). The smallest absolute Gasteiger partial charge is 0.218 e. The molecule has 0 radical (unpaired) electrons. The number of carbonyl (C=O) groups is 1. The van der Waals surface area contributed by atoms with Gasteiger partial charge >= 0.3 is 0 Å². The Morgan fingerprint density at radius 2 is 2.15 bits per heavy atom. The van der Waals surface area contributed by atoms with Gasteiger partial charge in [-0.2, -0.15) is 0 Å². The molecule has 0 saturated carbocycles. The maximum absolute atomic E-state index is 10.8. The second-order valence-electron chi connectivity index (χ2n) is 4.83. The summed E-state index contributed by atoms with van der Waals surface area (Å²) in [6.07, 6.45) is 2.81. The number of amides is 1. The van der Waals surface area contributed by atoms with E-state index in [0.29, 0.717) is 12.5 Å². The molecule has 1 amide bonds. The van der Waals surface area contributed by atoms with Crippen LogP contribution in [0.3, 0.4) is 0 Å². The molecule has 1 fully saturated rings. The zero-order chi connectivity index (χ0) is 10.1. The molecule has 0 spiro atoms. The van der Waals surface area contributed by atoms with Crippen molar-refractivity contribution in [3.63, 3.8) is 0 Å². The van der Waals surface area contributed by atoms with E-state index in [1.165, 1.54) is 6.42 Å². The first-order chi connectivity index (χ1) is 5.91. The largest absolute Gasteiger partial charge is 0.370 e. The van der Waals surface area contributed by atoms with Crippen LogP contribution in [0, 0.1) is 0 Å². The van der Waals surface area contributed by atoms with E-state index in [1.54, 1.807) is 0 Å². The van der Waals surface area contributed by atoms with E-state index in [-0.39, 0.29) is 11.4 Å². The van der Waals surface area contributed by atoms with E-state index in [1.807, 2.05) is 0 Å². The molecule has 1 unspecified atom stereocenters. The lowest BCUT2D eigenvalue weighted by atomic mass is 10.0. The third kappa shape index (κ3) is 2.69. The van der Waals surface area contributed by atoms with E-state index in [4.69, 9.17) is 5.73 Å². The van der Waals surface area contributed by atoms with Gasteiger partial charge in [-0.05, 0) is 40.2 Å². The monoisotopic (exact) mass is 184 g/mol. The topological polar surface area (TPSA) is 46.3 Å². The molecule has 0 aliphatic carbocycles. The van der Waals surface area contributed by atoms with Gasteiger partial charge in [0.1, 0.15) is 0 Å². The summed E-state index contributed by atoms with van der Waals surface area (Å²) in [5, 5.41) is 0. The molecule has 1 heterocycles. The van der Waals surface area contributed by atoms with Crippen molar-refractivity contribution in [2.24, 2.45) is 5.73 Å². The number of nitrogens with zero attached hydrogens (tertiary/aromatic N) is 1. The second-order valence-corrected chi connectivity index (χ2v) is 4.83. The predicted molar refractivity (Wildman–Crippen MR) is 53.3 cm³/mol. The van der Waals surface area contributed by atoms with Gasteiger partial charge < -0.3 is 5.73 Å². The lowest BCUT2D eigenvalue weighted by molar-refractivity contribution is -0.119. The second kappa shape index (κ2) is 3.66. The van der Waals surface area contributed by atoms with Crippen LogP contribution in [-0.2, 0) is 4.79 Å². The van der Waals surface area contributed by atoms with Crippen molar-refractivity contribution in [2.45, 2.75) is 51.6 Å². The molecule has 1 atom stereocenters. The van der Waals surface area contributed by atoms with Crippen molar-refractivity contribution in [1.82, 2.24) is 4.90 Å². The van der Waals surface area contributed by atoms with Crippen molar-refractivity contribution in [1.29, 1.82) is 0 Å². The average molecular weight is 184 g/mol. The first-order valence-electron chi connectivity index (χ1n) is 4.96. The van der Waals surface area contributed by atoms with Crippen LogP contribution >= 0.6 is 0 Å². The Morgan fingerprint density at radius 1 is 1.54 bits per heavy atom. The van der Waals surface area contributed by atoms with Crippen LogP contribution in [0.2, 0.25) is 0 Å². The van der Waals surface area contributed by atoms with Gasteiger partial charge in [0, 0.05) is 18.0 Å². The van der Waals surface area contributed by atoms with Gasteiger partial charge in [-0.3, -0.25) is 9.69 Å². The highest BCUT2D eigenvalue weighted by atomic mass is 16.1. The molecule has 2 N–H and O–H groups in total. The van der Waals surface area contributed by atoms with E-state index in [0.717, 1.165) is 13.0 Å². The highest BCUT2D eigenvalue weighted by Gasteiger charge is 2.33. The quantitative estimate of drug-likeness (QED) is 0.699. The summed E-state index contributed by atoms with van der Waals surface area (Å²) in [5.41, 5.74) is 5.38. The molecular formula is C10H20N2O. The van der Waals surface area contributed by atoms with Crippen molar-refractivity contribution in [2.75, 3.05) is 6.54 Å². The average Bonchev–Trinajstić information content (AvgIpc) is 2.31. The Morgan fingerprint density at radius 3 is 2.62 bits per heavy atom. The Labute approximate surface area is 80.3 Å². The van der Waals surface area contributed by atoms with E-state index >= 15 is 0 Å². The molecule has 3 heteroatoms. The summed E-state index contributed by atoms with van der Waals surface area (Å²) < 4.78 is 0. The molecule has 1 aliphatic heterocycles. The molecule has 1 rings (SSSR count). The predicted octanol–water partition coefficient (Wildman–Crippen LogP) is 1.12. The van der Waals surface area contributed by atoms with Crippen LogP contribution in [0.5, 0.6) is 0 Å². The highest BCUT2D eigenvalue weighted by Crippen LogP contribution is 2.27. The number of hydrogen-bond donors (Lipinski definition) is 1. The fourth-order valence-electron chi connectivity index (χ4n) is 2.16. The summed E-state index contributed by atoms with van der Waals surface area (Å²) in [6, 6.07) is 0.373. The Hall–Kier alpha value is -0.570. The Kier molecular flexibility index (Phi) is 2.96. The highest BCUT2D eigenvalue weighted by molar-refractivity contribution is 5.74. The van der Waals surface area contributed by atoms with E-state index < -0.39 is 0 Å². The van der Waals surface area contributed by atoms with Gasteiger partial charge in [0.05, 0.1) is 0 Å². The lowest BCUT2D eigenvalue weighted by Crippen LogP contribution is -2.45. The molecular weight excluding hydrogens is 164 g/mol. The SMILES string of the molecule is CC(C)(C)N1CCCC1CC(N)=O. The van der Waals surface area contributed by atoms with Gasteiger partial charge in [0.25, 0.3) is 0 Å². The molecule has 3 nitrogen and oxygen atoms in total. The van der Waals surface area contributed by atoms with Crippen molar-refractivity contribution in [3.05, 3.63) is 0 Å². The van der Waals surface area contributed by atoms with Crippen LogP contribution in [-0.4, -0.2) is 28.9 Å². The minimum atomic E-state index is -0.179. The minimum Gasteiger partial charge on any atom is -0.370 e. The molecule has 1 aliphatic rings. The van der Waals surface area contributed by atoms with E-state index in [9.17, 15) is 4.79 Å². The fourth-order valence-corrected chi connectivity index (χ4v) is 2.16. The summed E-state index contributed by atoms with van der Waals surface area (Å²) in [7, 11) is 0. The van der Waals surface area contributed by atoms with Crippen LogP contribution in [0.4, 0.5) is 0 Å². The lowest BCUT2D eigenvalue weighted by Gasteiger charge is -2.36. The molecule has 13 heavy (non-hydrogen) atoms. The third-order valence-corrected chi connectivity index (χ3v) is 2.68. The van der Waals surface area contributed by atoms with Crippen LogP contribution in [0.25, 0.3) is 0 Å². The maximum Gasteiger partial charge on any atom is 0.218 e. The van der Waals surface area contributed by atoms with Gasteiger partial charge in [-0.1, -0.05) is 0 Å². The van der Waals surface area contributed by atoms with Gasteiger partial charge in [0.15, 0.2) is 0 Å². The van der Waals surface area contributed by atoms with Crippen LogP contribution < -0.4 is 5.73 Å². The van der Waals surface area contributed by atoms with Crippen molar-refractivity contribution >= 4 is 5.91 Å². The van der Waals surface area contributed by atoms with E-state index in [2.05, 4.69) is 25.7 Å².